The van der Waals surface area contributed by atoms with Crippen molar-refractivity contribution < 1.29 is 29.3 Å². The highest BCUT2D eigenvalue weighted by Gasteiger charge is 2.51. The minimum Gasteiger partial charge on any atom is -0.459 e. The number of rotatable bonds is 6. The molecular formula is C28H32N2O6. The van der Waals surface area contributed by atoms with E-state index in [2.05, 4.69) is 10.2 Å². The Hall–Kier alpha value is -2.78. The maximum absolute atomic E-state index is 12.2. The zero-order valence-electron chi connectivity index (χ0n) is 20.6. The highest BCUT2D eigenvalue weighted by atomic mass is 16.5. The van der Waals surface area contributed by atoms with Crippen LogP contribution < -0.4 is 5.32 Å². The molecule has 0 radical (unpaired) electrons. The number of hydrogen-bond donors (Lipinski definition) is 3. The van der Waals surface area contributed by atoms with E-state index in [9.17, 15) is 19.8 Å². The van der Waals surface area contributed by atoms with Crippen LogP contribution in [0.25, 0.3) is 0 Å². The summed E-state index contributed by atoms with van der Waals surface area (Å²) < 4.78 is 10.5. The predicted molar refractivity (Wildman–Crippen MR) is 131 cm³/mol. The lowest BCUT2D eigenvalue weighted by Crippen LogP contribution is -2.54. The largest absolute Gasteiger partial charge is 0.459 e. The molecule has 2 fully saturated rings. The molecule has 0 aromatic heterocycles. The third kappa shape index (κ3) is 3.84. The molecule has 2 saturated heterocycles. The number of nitrogens with one attached hydrogen (secondary N) is 1. The quantitative estimate of drug-likeness (QED) is 0.528. The van der Waals surface area contributed by atoms with E-state index in [1.807, 2.05) is 32.0 Å². The Morgan fingerprint density at radius 2 is 1.94 bits per heavy atom. The third-order valence-corrected chi connectivity index (χ3v) is 8.54. The smallest absolute Gasteiger partial charge is 0.338 e. The normalized spacial score (nSPS) is 28.4. The summed E-state index contributed by atoms with van der Waals surface area (Å²) in [5.74, 6) is -0.613. The third-order valence-electron chi connectivity index (χ3n) is 8.54. The van der Waals surface area contributed by atoms with Crippen molar-refractivity contribution in [3.63, 3.8) is 0 Å². The molecule has 3 N–H and O–H groups in total. The van der Waals surface area contributed by atoms with E-state index < -0.39 is 12.2 Å². The standard InChI is InChI=1S/C28H32N2O6/c1-15-7-18-8-17(3-4-21(18)27(34)36-15)25(32)12-30-11-19-9-28(30,14-29-19)10-24(31)20-5-6-22-23(16(20)2)13-35-26(22)33/h3-6,8,15,19,24-25,29,31-32H,7,9-14H2,1-2H3/t15-,19+,24-,25-,28+/m1/s1. The number of β-amino-alcohol motifs (C(OH)–C–C–N with tert-alkyl or cyclic N) is 1. The van der Waals surface area contributed by atoms with Gasteiger partial charge in [0.15, 0.2) is 0 Å². The van der Waals surface area contributed by atoms with E-state index in [-0.39, 0.29) is 30.2 Å². The number of cyclic esters (lactones) is 2. The second-order valence-corrected chi connectivity index (χ2v) is 10.9. The number of likely N-dealkylation sites (tertiary alicyclic amines) is 1. The van der Waals surface area contributed by atoms with E-state index in [0.717, 1.165) is 47.3 Å². The minimum absolute atomic E-state index is 0.171. The van der Waals surface area contributed by atoms with Crippen LogP contribution in [0, 0.1) is 6.92 Å². The monoisotopic (exact) mass is 492 g/mol. The van der Waals surface area contributed by atoms with Gasteiger partial charge in [0.05, 0.1) is 23.3 Å². The fraction of sp³-hybridized carbons (Fsp3) is 0.500. The number of aliphatic hydroxyl groups is 2. The Labute approximate surface area is 210 Å². The summed E-state index contributed by atoms with van der Waals surface area (Å²) >= 11 is 0. The van der Waals surface area contributed by atoms with Crippen molar-refractivity contribution in [1.82, 2.24) is 10.2 Å². The maximum Gasteiger partial charge on any atom is 0.338 e. The lowest BCUT2D eigenvalue weighted by Gasteiger charge is -2.41. The summed E-state index contributed by atoms with van der Waals surface area (Å²) in [6.07, 6.45) is 0.517. The van der Waals surface area contributed by atoms with Gasteiger partial charge in [0.1, 0.15) is 12.7 Å². The average molecular weight is 493 g/mol. The zero-order chi connectivity index (χ0) is 25.2. The molecule has 0 amide bonds. The molecule has 0 spiro atoms. The summed E-state index contributed by atoms with van der Waals surface area (Å²) in [7, 11) is 0. The fourth-order valence-corrected chi connectivity index (χ4v) is 6.62. The summed E-state index contributed by atoms with van der Waals surface area (Å²) in [6, 6.07) is 9.43. The molecule has 36 heavy (non-hydrogen) atoms. The van der Waals surface area contributed by atoms with Crippen molar-refractivity contribution in [2.45, 2.75) is 69.6 Å². The number of fused-ring (bicyclic) bond motifs is 4. The molecule has 8 nitrogen and oxygen atoms in total. The molecule has 4 aliphatic rings. The highest BCUT2D eigenvalue weighted by Crippen LogP contribution is 2.43. The lowest BCUT2D eigenvalue weighted by molar-refractivity contribution is 0.0213. The van der Waals surface area contributed by atoms with E-state index in [0.29, 0.717) is 36.6 Å². The van der Waals surface area contributed by atoms with Crippen molar-refractivity contribution in [2.24, 2.45) is 0 Å². The van der Waals surface area contributed by atoms with E-state index >= 15 is 0 Å². The number of piperazine rings is 1. The van der Waals surface area contributed by atoms with Crippen LogP contribution in [-0.4, -0.2) is 64.4 Å². The Morgan fingerprint density at radius 1 is 1.14 bits per heavy atom. The summed E-state index contributed by atoms with van der Waals surface area (Å²) in [5.41, 5.74) is 5.20. The van der Waals surface area contributed by atoms with E-state index in [4.69, 9.17) is 9.47 Å². The van der Waals surface area contributed by atoms with Crippen LogP contribution in [0.1, 0.15) is 80.5 Å². The van der Waals surface area contributed by atoms with Gasteiger partial charge >= 0.3 is 11.9 Å². The molecular weight excluding hydrogens is 460 g/mol. The molecule has 2 aromatic carbocycles. The molecule has 6 rings (SSSR count). The van der Waals surface area contributed by atoms with Crippen molar-refractivity contribution in [2.75, 3.05) is 19.6 Å². The van der Waals surface area contributed by atoms with Gasteiger partial charge in [-0.25, -0.2) is 9.59 Å². The number of carbonyl (C=O) groups is 2. The Morgan fingerprint density at radius 3 is 2.75 bits per heavy atom. The first-order valence-corrected chi connectivity index (χ1v) is 12.7. The van der Waals surface area contributed by atoms with Gasteiger partial charge in [0.25, 0.3) is 0 Å². The Bertz CT molecular complexity index is 1240. The molecule has 4 aliphatic heterocycles. The van der Waals surface area contributed by atoms with Crippen molar-refractivity contribution in [3.8, 4) is 0 Å². The first kappa shape index (κ1) is 23.6. The van der Waals surface area contributed by atoms with Gasteiger partial charge in [-0.15, -0.1) is 0 Å². The van der Waals surface area contributed by atoms with Crippen molar-refractivity contribution in [1.29, 1.82) is 0 Å². The van der Waals surface area contributed by atoms with Crippen LogP contribution in [-0.2, 0) is 22.5 Å². The molecule has 0 saturated carbocycles. The number of nitrogens with zero attached hydrogens (tertiary/aromatic N) is 1. The fourth-order valence-electron chi connectivity index (χ4n) is 6.62. The van der Waals surface area contributed by atoms with Crippen LogP contribution >= 0.6 is 0 Å². The first-order valence-electron chi connectivity index (χ1n) is 12.7. The van der Waals surface area contributed by atoms with Gasteiger partial charge in [-0.05, 0) is 61.1 Å². The maximum atomic E-state index is 12.2. The summed E-state index contributed by atoms with van der Waals surface area (Å²) in [5, 5.41) is 26.1. The number of hydrogen-bond acceptors (Lipinski definition) is 8. The van der Waals surface area contributed by atoms with Crippen LogP contribution in [0.5, 0.6) is 0 Å². The molecule has 4 heterocycles. The molecule has 8 heteroatoms. The number of esters is 2. The van der Waals surface area contributed by atoms with Crippen LogP contribution in [0.15, 0.2) is 30.3 Å². The van der Waals surface area contributed by atoms with Gasteiger partial charge in [-0.2, -0.15) is 0 Å². The topological polar surface area (TPSA) is 108 Å². The molecule has 2 bridgehead atoms. The van der Waals surface area contributed by atoms with Gasteiger partial charge in [0, 0.05) is 43.2 Å². The van der Waals surface area contributed by atoms with Gasteiger partial charge in [-0.1, -0.05) is 18.2 Å². The summed E-state index contributed by atoms with van der Waals surface area (Å²) in [4.78, 5) is 26.4. The second-order valence-electron chi connectivity index (χ2n) is 10.9. The minimum atomic E-state index is -0.707. The van der Waals surface area contributed by atoms with Gasteiger partial charge in [0.2, 0.25) is 0 Å². The SMILES string of the molecule is Cc1c([C@H](O)C[C@@]23CN[C@H](CN2C[C@@H](O)c2ccc4c(c2)C[C@@H](C)OC4=O)C3)ccc2c1COC2=O. The lowest BCUT2D eigenvalue weighted by atomic mass is 9.85. The highest BCUT2D eigenvalue weighted by molar-refractivity contribution is 5.94. The van der Waals surface area contributed by atoms with Crippen molar-refractivity contribution in [3.05, 3.63) is 69.3 Å². The number of aliphatic hydroxyl groups excluding tert-OH is 2. The van der Waals surface area contributed by atoms with E-state index in [1.165, 1.54) is 0 Å². The molecule has 0 aliphatic carbocycles. The number of carbonyl (C=O) groups excluding carboxylic acids is 2. The Balaban J connectivity index is 1.20. The van der Waals surface area contributed by atoms with Crippen LogP contribution in [0.4, 0.5) is 0 Å². The van der Waals surface area contributed by atoms with Crippen LogP contribution in [0.2, 0.25) is 0 Å². The molecule has 5 atom stereocenters. The molecule has 2 aromatic rings. The van der Waals surface area contributed by atoms with Gasteiger partial charge in [-0.3, -0.25) is 4.90 Å². The van der Waals surface area contributed by atoms with Gasteiger partial charge < -0.3 is 25.0 Å². The summed E-state index contributed by atoms with van der Waals surface area (Å²) in [6.45, 7) is 6.08. The second kappa shape index (κ2) is 8.66. The Kier molecular flexibility index (Phi) is 5.68. The zero-order valence-corrected chi connectivity index (χ0v) is 20.6. The van der Waals surface area contributed by atoms with Crippen LogP contribution in [0.3, 0.4) is 0 Å². The number of benzene rings is 2. The first-order chi connectivity index (χ1) is 17.2. The number of ether oxygens (including phenoxy) is 2. The predicted octanol–water partition coefficient (Wildman–Crippen LogP) is 2.34. The molecule has 190 valence electrons. The molecule has 0 unspecified atom stereocenters. The van der Waals surface area contributed by atoms with E-state index in [1.54, 1.807) is 12.1 Å². The van der Waals surface area contributed by atoms with Crippen molar-refractivity contribution >= 4 is 11.9 Å². The average Bonchev–Trinajstić information content (AvgIpc) is 3.52.